The minimum Gasteiger partial charge on any atom is -0.477 e. The molecule has 0 aliphatic heterocycles. The zero-order valence-corrected chi connectivity index (χ0v) is 12.6. The Morgan fingerprint density at radius 3 is 1.42 bits per heavy atom. The lowest BCUT2D eigenvalue weighted by Gasteiger charge is -1.99. The number of carboxylic acids is 1. The molecule has 110 valence electrons. The molecule has 1 N–H and O–H groups in total. The van der Waals surface area contributed by atoms with Crippen molar-refractivity contribution in [2.45, 2.75) is 78.1 Å². The van der Waals surface area contributed by atoms with Gasteiger partial charge in [0.1, 0.15) is 11.6 Å². The molecular weight excluding hydrogens is 238 g/mol. The molecule has 0 amide bonds. The number of hydrogen-bond donors (Lipinski definition) is 1. The molecule has 0 bridgehead atoms. The minimum atomic E-state index is -1.26. The first-order valence-electron chi connectivity index (χ1n) is 7.42. The predicted octanol–water partition coefficient (Wildman–Crippen LogP) is 5.08. The predicted molar refractivity (Wildman–Crippen MR) is 79.9 cm³/mol. The summed E-state index contributed by atoms with van der Waals surface area (Å²) in [5.41, 5.74) is -0.431. The Kier molecular flexibility index (Phi) is 17.6. The smallest absolute Gasteiger partial charge is 0.345 e. The molecule has 0 spiro atoms. The van der Waals surface area contributed by atoms with E-state index in [4.69, 9.17) is 10.4 Å². The molecule has 0 heterocycles. The zero-order valence-electron chi connectivity index (χ0n) is 12.6. The lowest BCUT2D eigenvalue weighted by molar-refractivity contribution is -0.132. The molecule has 0 saturated carbocycles. The van der Waals surface area contributed by atoms with Crippen molar-refractivity contribution in [2.24, 2.45) is 0 Å². The monoisotopic (exact) mass is 267 g/mol. The van der Waals surface area contributed by atoms with Gasteiger partial charge in [-0.25, -0.2) is 4.79 Å². The number of carboxylic acid groups (broad SMARTS) is 1. The van der Waals surface area contributed by atoms with Crippen molar-refractivity contribution in [1.29, 1.82) is 5.26 Å². The lowest BCUT2D eigenvalue weighted by Crippen LogP contribution is -1.94. The summed E-state index contributed by atoms with van der Waals surface area (Å²) < 4.78 is 0. The van der Waals surface area contributed by atoms with Gasteiger partial charge in [-0.1, -0.05) is 84.6 Å². The van der Waals surface area contributed by atoms with Crippen molar-refractivity contribution in [2.75, 3.05) is 0 Å². The summed E-state index contributed by atoms with van der Waals surface area (Å²) in [6.45, 7) is 7.47. The van der Waals surface area contributed by atoms with E-state index in [2.05, 4.69) is 20.4 Å². The Hall–Kier alpha value is -1.30. The van der Waals surface area contributed by atoms with Crippen LogP contribution >= 0.6 is 0 Å². The second-order valence-electron chi connectivity index (χ2n) is 4.72. The van der Waals surface area contributed by atoms with E-state index in [-0.39, 0.29) is 0 Å². The molecule has 0 unspecified atom stereocenters. The maximum Gasteiger partial charge on any atom is 0.345 e. The number of rotatable bonds is 10. The molecule has 0 aromatic carbocycles. The summed E-state index contributed by atoms with van der Waals surface area (Å²) in [6.07, 6.45) is 14.4. The van der Waals surface area contributed by atoms with Crippen LogP contribution in [0.2, 0.25) is 0 Å². The molecule has 0 radical (unpaired) electrons. The van der Waals surface area contributed by atoms with Gasteiger partial charge in [0.2, 0.25) is 0 Å². The molecule has 0 aromatic rings. The fraction of sp³-hybridized carbons (Fsp3) is 0.750. The fourth-order valence-electron chi connectivity index (χ4n) is 1.61. The van der Waals surface area contributed by atoms with E-state index in [0.717, 1.165) is 0 Å². The molecule has 0 rings (SSSR count). The number of unbranched alkanes of at least 4 members (excludes halogenated alkanes) is 9. The number of hydrogen-bond acceptors (Lipinski definition) is 2. The quantitative estimate of drug-likeness (QED) is 0.341. The zero-order chi connectivity index (χ0) is 14.9. The van der Waals surface area contributed by atoms with Crippen LogP contribution in [0.25, 0.3) is 0 Å². The van der Waals surface area contributed by atoms with Crippen LogP contribution in [0, 0.1) is 11.3 Å². The normalized spacial score (nSPS) is 9.11. The summed E-state index contributed by atoms with van der Waals surface area (Å²) in [4.78, 5) is 9.61. The molecule has 3 nitrogen and oxygen atoms in total. The maximum atomic E-state index is 9.61. The topological polar surface area (TPSA) is 61.1 Å². The Bertz CT molecular complexity index is 256. The van der Waals surface area contributed by atoms with Gasteiger partial charge in [-0.2, -0.15) is 5.26 Å². The first-order valence-corrected chi connectivity index (χ1v) is 7.42. The molecule has 0 aliphatic rings. The fourth-order valence-corrected chi connectivity index (χ4v) is 1.61. The van der Waals surface area contributed by atoms with Crippen LogP contribution in [-0.4, -0.2) is 11.1 Å². The third-order valence-electron chi connectivity index (χ3n) is 2.85. The van der Waals surface area contributed by atoms with Gasteiger partial charge in [-0.15, -0.1) is 0 Å². The minimum absolute atomic E-state index is 0.431. The standard InChI is InChI=1S/C12H26.C4H3NO2/c1-3-5-7-9-11-12-10-8-6-4-2;1-3(2-5)4(6)7/h3-12H2,1-2H3;1H2,(H,6,7). The number of nitrogens with zero attached hydrogens (tertiary/aromatic N) is 1. The lowest BCUT2D eigenvalue weighted by atomic mass is 10.1. The largest absolute Gasteiger partial charge is 0.477 e. The Labute approximate surface area is 118 Å². The van der Waals surface area contributed by atoms with E-state index in [1.807, 2.05) is 0 Å². The van der Waals surface area contributed by atoms with E-state index in [1.54, 1.807) is 0 Å². The second-order valence-corrected chi connectivity index (χ2v) is 4.72. The van der Waals surface area contributed by atoms with Crippen molar-refractivity contribution in [3.8, 4) is 6.07 Å². The molecular formula is C16H29NO2. The Morgan fingerprint density at radius 1 is 0.947 bits per heavy atom. The van der Waals surface area contributed by atoms with Crippen LogP contribution < -0.4 is 0 Å². The van der Waals surface area contributed by atoms with Gasteiger partial charge in [-0.05, 0) is 0 Å². The maximum absolute atomic E-state index is 9.61. The van der Waals surface area contributed by atoms with E-state index >= 15 is 0 Å². The van der Waals surface area contributed by atoms with Crippen LogP contribution in [-0.2, 0) is 4.79 Å². The summed E-state index contributed by atoms with van der Waals surface area (Å²) >= 11 is 0. The van der Waals surface area contributed by atoms with Crippen molar-refractivity contribution in [1.82, 2.24) is 0 Å². The third-order valence-corrected chi connectivity index (χ3v) is 2.85. The van der Waals surface area contributed by atoms with E-state index in [9.17, 15) is 4.79 Å². The Balaban J connectivity index is 0. The molecule has 3 heteroatoms. The average Bonchev–Trinajstić information content (AvgIpc) is 2.41. The van der Waals surface area contributed by atoms with Gasteiger partial charge in [0, 0.05) is 0 Å². The van der Waals surface area contributed by atoms with Gasteiger partial charge in [0.25, 0.3) is 0 Å². The van der Waals surface area contributed by atoms with Gasteiger partial charge in [-0.3, -0.25) is 0 Å². The summed E-state index contributed by atoms with van der Waals surface area (Å²) in [5, 5.41) is 15.6. The molecule has 0 atom stereocenters. The van der Waals surface area contributed by atoms with Crippen molar-refractivity contribution >= 4 is 5.97 Å². The highest BCUT2D eigenvalue weighted by Crippen LogP contribution is 2.09. The van der Waals surface area contributed by atoms with Crippen LogP contribution in [0.4, 0.5) is 0 Å². The molecule has 19 heavy (non-hydrogen) atoms. The average molecular weight is 267 g/mol. The van der Waals surface area contributed by atoms with E-state index < -0.39 is 11.5 Å². The van der Waals surface area contributed by atoms with Crippen molar-refractivity contribution < 1.29 is 9.90 Å². The summed E-state index contributed by atoms with van der Waals surface area (Å²) in [7, 11) is 0. The van der Waals surface area contributed by atoms with E-state index in [1.165, 1.54) is 70.3 Å². The van der Waals surface area contributed by atoms with Gasteiger partial charge < -0.3 is 5.11 Å². The van der Waals surface area contributed by atoms with Crippen LogP contribution in [0.15, 0.2) is 12.2 Å². The number of aliphatic carboxylic acids is 1. The number of nitriles is 1. The highest BCUT2D eigenvalue weighted by molar-refractivity contribution is 5.90. The second kappa shape index (κ2) is 16.7. The first kappa shape index (κ1) is 20.0. The van der Waals surface area contributed by atoms with E-state index in [0.29, 0.717) is 0 Å². The van der Waals surface area contributed by atoms with Crippen molar-refractivity contribution in [3.05, 3.63) is 12.2 Å². The highest BCUT2D eigenvalue weighted by atomic mass is 16.4. The molecule has 0 aliphatic carbocycles. The molecule has 0 aromatic heterocycles. The van der Waals surface area contributed by atoms with Crippen molar-refractivity contribution in [3.63, 3.8) is 0 Å². The molecule has 0 fully saturated rings. The third kappa shape index (κ3) is 19.2. The van der Waals surface area contributed by atoms with Crippen LogP contribution in [0.5, 0.6) is 0 Å². The SMILES string of the molecule is C=C(C#N)C(=O)O.CCCCCCCCCCCC. The number of carbonyl (C=O) groups is 1. The van der Waals surface area contributed by atoms with Crippen LogP contribution in [0.1, 0.15) is 78.1 Å². The molecule has 0 saturated heterocycles. The summed E-state index contributed by atoms with van der Waals surface area (Å²) in [5.74, 6) is -1.26. The van der Waals surface area contributed by atoms with Gasteiger partial charge in [0.05, 0.1) is 0 Å². The van der Waals surface area contributed by atoms with Crippen LogP contribution in [0.3, 0.4) is 0 Å². The Morgan fingerprint density at radius 2 is 1.26 bits per heavy atom. The summed E-state index contributed by atoms with van der Waals surface area (Å²) in [6, 6.07) is 1.37. The highest BCUT2D eigenvalue weighted by Gasteiger charge is 1.97. The first-order chi connectivity index (χ1) is 9.09. The van der Waals surface area contributed by atoms with Gasteiger partial charge in [0.15, 0.2) is 0 Å². The van der Waals surface area contributed by atoms with Gasteiger partial charge >= 0.3 is 5.97 Å².